The Hall–Kier alpha value is -0.900. The summed E-state index contributed by atoms with van der Waals surface area (Å²) in [5, 5.41) is 8.18. The molecule has 0 unspecified atom stereocenters. The summed E-state index contributed by atoms with van der Waals surface area (Å²) in [6.07, 6.45) is 1.18. The second-order valence-electron chi connectivity index (χ2n) is 0.767. The average molecular weight is 89.0 g/mol. The van der Waals surface area contributed by atoms with Crippen molar-refractivity contribution in [3.8, 4) is 0 Å². The van der Waals surface area contributed by atoms with Gasteiger partial charge in [-0.05, 0) is 0 Å². The lowest BCUT2D eigenvalue weighted by atomic mass is 10.9. The Morgan fingerprint density at radius 1 is 1.83 bits per heavy atom. The van der Waals surface area contributed by atoms with Gasteiger partial charge in [-0.1, -0.05) is 4.99 Å². The first-order valence-corrected chi connectivity index (χ1v) is 1.38. The third-order valence-corrected chi connectivity index (χ3v) is 0.358. The summed E-state index contributed by atoms with van der Waals surface area (Å²) in [6, 6.07) is 0. The van der Waals surface area contributed by atoms with Gasteiger partial charge in [0.2, 0.25) is 0 Å². The van der Waals surface area contributed by atoms with Crippen molar-refractivity contribution in [1.29, 1.82) is 0 Å². The summed E-state index contributed by atoms with van der Waals surface area (Å²) in [6.45, 7) is 0. The molecular weight excluding hydrogens is 86.0 g/mol. The molecule has 1 aliphatic heterocycles. The van der Waals surface area contributed by atoms with Crippen LogP contribution in [0.3, 0.4) is 0 Å². The Balaban J connectivity index is 2.45. The van der Waals surface area contributed by atoms with Gasteiger partial charge in [0.05, 0.1) is 0 Å². The molecule has 0 aromatic rings. The maximum Gasteiger partial charge on any atom is 0.335 e. The fourth-order valence-corrected chi connectivity index (χ4v) is 0.165. The van der Waals surface area contributed by atoms with E-state index in [1.54, 1.807) is 0 Å². The Morgan fingerprint density at radius 2 is 2.67 bits per heavy atom. The number of aliphatic hydroxyl groups excluding tert-OH is 1. The monoisotopic (exact) mass is 89.0 g/mol. The molecular formula is C2H3NO3. The van der Waals surface area contributed by atoms with Crippen molar-refractivity contribution in [2.45, 2.75) is 0 Å². The van der Waals surface area contributed by atoms with Gasteiger partial charge in [-0.15, -0.1) is 0 Å². The number of rotatable bonds is 0. The van der Waals surface area contributed by atoms with Crippen molar-refractivity contribution >= 4 is 0 Å². The summed E-state index contributed by atoms with van der Waals surface area (Å²) >= 11 is 0. The predicted molar refractivity (Wildman–Crippen MR) is 16.0 cm³/mol. The smallest absolute Gasteiger partial charge is 0.335 e. The molecule has 6 heavy (non-hydrogen) atoms. The quantitative estimate of drug-likeness (QED) is 0.404. The Morgan fingerprint density at radius 3 is 2.83 bits per heavy atom. The van der Waals surface area contributed by atoms with Gasteiger partial charge < -0.3 is 5.11 Å². The average Bonchev–Trinajstić information content (AvgIpc) is 1.86. The summed E-state index contributed by atoms with van der Waals surface area (Å²) in [7, 11) is 0. The minimum absolute atomic E-state index is 0.255. The molecule has 0 saturated carbocycles. The van der Waals surface area contributed by atoms with E-state index in [1.165, 1.54) is 6.20 Å². The molecule has 34 valence electrons. The molecule has 1 rings (SSSR count). The topological polar surface area (TPSA) is 50.7 Å². The first-order chi connectivity index (χ1) is 2.89. The first-order valence-electron chi connectivity index (χ1n) is 1.38. The van der Waals surface area contributed by atoms with Crippen LogP contribution in [0, 0.1) is 0 Å². The molecule has 0 bridgehead atoms. The largest absolute Gasteiger partial charge is 0.478 e. The van der Waals surface area contributed by atoms with Crippen molar-refractivity contribution in [3.63, 3.8) is 0 Å². The first kappa shape index (κ1) is 3.30. The lowest BCUT2D eigenvalue weighted by Gasteiger charge is -1.84. The SMILES string of the molecule is OC1=CNOO1. The van der Waals surface area contributed by atoms with Gasteiger partial charge in [0.25, 0.3) is 0 Å². The highest BCUT2D eigenvalue weighted by Gasteiger charge is 1.99. The van der Waals surface area contributed by atoms with Crippen molar-refractivity contribution < 1.29 is 15.0 Å². The van der Waals surface area contributed by atoms with Crippen LogP contribution < -0.4 is 5.48 Å². The van der Waals surface area contributed by atoms with E-state index < -0.39 is 0 Å². The van der Waals surface area contributed by atoms with Gasteiger partial charge >= 0.3 is 5.95 Å². The van der Waals surface area contributed by atoms with Crippen molar-refractivity contribution in [2.24, 2.45) is 0 Å². The van der Waals surface area contributed by atoms with E-state index in [2.05, 4.69) is 15.4 Å². The van der Waals surface area contributed by atoms with E-state index >= 15 is 0 Å². The number of aliphatic hydroxyl groups is 1. The third kappa shape index (κ3) is 0.367. The van der Waals surface area contributed by atoms with Gasteiger partial charge in [-0.25, -0.2) is 5.48 Å². The highest BCUT2D eigenvalue weighted by Crippen LogP contribution is 1.93. The molecule has 1 aliphatic rings. The van der Waals surface area contributed by atoms with Crippen LogP contribution in [-0.2, 0) is 9.88 Å². The van der Waals surface area contributed by atoms with E-state index in [0.717, 1.165) is 0 Å². The van der Waals surface area contributed by atoms with Crippen LogP contribution in [0.1, 0.15) is 0 Å². The van der Waals surface area contributed by atoms with Gasteiger partial charge in [-0.3, -0.25) is 4.89 Å². The molecule has 0 aliphatic carbocycles. The maximum atomic E-state index is 8.18. The minimum Gasteiger partial charge on any atom is -0.478 e. The lowest BCUT2D eigenvalue weighted by Crippen LogP contribution is -1.94. The zero-order valence-electron chi connectivity index (χ0n) is 2.84. The Labute approximate surface area is 33.9 Å². The van der Waals surface area contributed by atoms with Gasteiger partial charge in [0.1, 0.15) is 6.20 Å². The third-order valence-electron chi connectivity index (χ3n) is 0.358. The van der Waals surface area contributed by atoms with Crippen molar-refractivity contribution in [2.75, 3.05) is 0 Å². The predicted octanol–water partition coefficient (Wildman–Crippen LogP) is -0.190. The molecule has 0 aromatic carbocycles. The molecule has 4 nitrogen and oxygen atoms in total. The molecule has 0 amide bonds. The molecule has 0 radical (unpaired) electrons. The van der Waals surface area contributed by atoms with Crippen LogP contribution in [0.5, 0.6) is 0 Å². The maximum absolute atomic E-state index is 8.18. The van der Waals surface area contributed by atoms with Gasteiger partial charge in [0, 0.05) is 0 Å². The zero-order valence-corrected chi connectivity index (χ0v) is 2.84. The highest BCUT2D eigenvalue weighted by molar-refractivity contribution is 4.75. The standard InChI is InChI=1S/C2H3NO3/c4-2-1-3-6-5-2/h1,3-4H. The van der Waals surface area contributed by atoms with Gasteiger partial charge in [-0.2, -0.15) is 0 Å². The molecule has 0 aromatic heterocycles. The molecule has 1 heterocycles. The Bertz CT molecular complexity index is 78.9. The molecule has 2 N–H and O–H groups in total. The number of hydrogen-bond acceptors (Lipinski definition) is 4. The zero-order chi connectivity index (χ0) is 4.41. The van der Waals surface area contributed by atoms with Crippen LogP contribution in [0.15, 0.2) is 12.1 Å². The summed E-state index contributed by atoms with van der Waals surface area (Å²) < 4.78 is 0. The molecule has 0 fully saturated rings. The second-order valence-corrected chi connectivity index (χ2v) is 0.767. The van der Waals surface area contributed by atoms with Crippen molar-refractivity contribution in [3.05, 3.63) is 12.1 Å². The van der Waals surface area contributed by atoms with E-state index in [1.807, 2.05) is 0 Å². The number of hydrogen-bond donors (Lipinski definition) is 2. The van der Waals surface area contributed by atoms with Crippen LogP contribution in [0.2, 0.25) is 0 Å². The van der Waals surface area contributed by atoms with Crippen LogP contribution in [-0.4, -0.2) is 5.11 Å². The molecule has 0 atom stereocenters. The summed E-state index contributed by atoms with van der Waals surface area (Å²) in [5.41, 5.74) is 2.14. The van der Waals surface area contributed by atoms with E-state index in [0.29, 0.717) is 0 Å². The minimum atomic E-state index is -0.255. The lowest BCUT2D eigenvalue weighted by molar-refractivity contribution is -0.294. The number of hydroxylamine groups is 1. The van der Waals surface area contributed by atoms with E-state index in [9.17, 15) is 0 Å². The second kappa shape index (κ2) is 1.06. The Kier molecular flexibility index (Phi) is 0.582. The van der Waals surface area contributed by atoms with Crippen molar-refractivity contribution in [1.82, 2.24) is 5.48 Å². The molecule has 0 spiro atoms. The summed E-state index contributed by atoms with van der Waals surface area (Å²) in [4.78, 5) is 7.92. The van der Waals surface area contributed by atoms with Gasteiger partial charge in [0.15, 0.2) is 0 Å². The fraction of sp³-hybridized carbons (Fsp3) is 0. The van der Waals surface area contributed by atoms with Crippen LogP contribution in [0.4, 0.5) is 0 Å². The van der Waals surface area contributed by atoms with E-state index in [-0.39, 0.29) is 5.95 Å². The van der Waals surface area contributed by atoms with E-state index in [4.69, 9.17) is 5.11 Å². The normalized spacial score (nSPS) is 18.3. The highest BCUT2D eigenvalue weighted by atomic mass is 17.3. The number of nitrogens with one attached hydrogen (secondary N) is 1. The molecule has 4 heteroatoms. The van der Waals surface area contributed by atoms with Crippen LogP contribution in [0.25, 0.3) is 0 Å². The molecule has 0 saturated heterocycles. The van der Waals surface area contributed by atoms with Crippen LogP contribution >= 0.6 is 0 Å². The fourth-order valence-electron chi connectivity index (χ4n) is 0.165. The summed E-state index contributed by atoms with van der Waals surface area (Å²) in [5.74, 6) is -0.255.